The van der Waals surface area contributed by atoms with Gasteiger partial charge >= 0.3 is 6.03 Å². The summed E-state index contributed by atoms with van der Waals surface area (Å²) in [4.78, 5) is 29.3. The molecule has 1 aromatic carbocycles. The summed E-state index contributed by atoms with van der Waals surface area (Å²) in [6.45, 7) is 3.79. The second-order valence-electron chi connectivity index (χ2n) is 6.50. The molecule has 3 rings (SSSR count). The van der Waals surface area contributed by atoms with Crippen LogP contribution in [-0.4, -0.2) is 45.2 Å². The van der Waals surface area contributed by atoms with Crippen molar-refractivity contribution >= 4 is 34.7 Å². The largest absolute Gasteiger partial charge is 0.329 e. The molecule has 1 saturated heterocycles. The van der Waals surface area contributed by atoms with E-state index in [1.807, 2.05) is 6.07 Å². The number of aryl methyl sites for hydroxylation is 1. The highest BCUT2D eigenvalue weighted by molar-refractivity contribution is 7.99. The van der Waals surface area contributed by atoms with Crippen molar-refractivity contribution in [3.05, 3.63) is 24.3 Å². The molecule has 1 aliphatic heterocycles. The van der Waals surface area contributed by atoms with E-state index in [0.29, 0.717) is 6.54 Å². The van der Waals surface area contributed by atoms with Crippen molar-refractivity contribution in [1.82, 2.24) is 19.8 Å². The zero-order valence-electron chi connectivity index (χ0n) is 15.2. The van der Waals surface area contributed by atoms with Crippen molar-refractivity contribution in [1.29, 1.82) is 0 Å². The molecular formula is C19H26N4O2S. The number of urea groups is 1. The highest BCUT2D eigenvalue weighted by atomic mass is 32.2. The average Bonchev–Trinajstić information content (AvgIpc) is 3.16. The van der Waals surface area contributed by atoms with Gasteiger partial charge in [-0.2, -0.15) is 0 Å². The van der Waals surface area contributed by atoms with Gasteiger partial charge < -0.3 is 9.88 Å². The maximum Gasteiger partial charge on any atom is 0.324 e. The second kappa shape index (κ2) is 9.07. The topological polar surface area (TPSA) is 67.2 Å². The number of aromatic nitrogens is 2. The molecule has 1 aromatic heterocycles. The van der Waals surface area contributed by atoms with Gasteiger partial charge in [0, 0.05) is 18.8 Å². The molecule has 3 amide bonds. The van der Waals surface area contributed by atoms with Crippen LogP contribution in [0.5, 0.6) is 0 Å². The van der Waals surface area contributed by atoms with Gasteiger partial charge in [0.15, 0.2) is 5.16 Å². The zero-order valence-corrected chi connectivity index (χ0v) is 16.1. The van der Waals surface area contributed by atoms with Gasteiger partial charge in [0.25, 0.3) is 0 Å². The van der Waals surface area contributed by atoms with Crippen molar-refractivity contribution < 1.29 is 9.59 Å². The highest BCUT2D eigenvalue weighted by Crippen LogP contribution is 2.25. The number of imide groups is 1. The third kappa shape index (κ3) is 4.38. The van der Waals surface area contributed by atoms with Gasteiger partial charge in [-0.3, -0.25) is 9.69 Å². The van der Waals surface area contributed by atoms with E-state index in [1.54, 1.807) is 11.8 Å². The molecule has 2 aromatic rings. The molecule has 1 N–H and O–H groups in total. The number of hydrogen-bond donors (Lipinski definition) is 1. The number of nitrogens with one attached hydrogen (secondary N) is 1. The quantitative estimate of drug-likeness (QED) is 0.392. The summed E-state index contributed by atoms with van der Waals surface area (Å²) < 4.78 is 2.31. The lowest BCUT2D eigenvalue weighted by Gasteiger charge is -2.12. The number of carbonyl (C=O) groups excluding carboxylic acids is 2. The van der Waals surface area contributed by atoms with E-state index < -0.39 is 0 Å². The SMILES string of the molecule is CCCCCCn1c(SCCCN2C(=O)CNC2=O)nc2ccccc21. The van der Waals surface area contributed by atoms with Gasteiger partial charge in [-0.1, -0.05) is 50.1 Å². The van der Waals surface area contributed by atoms with Crippen LogP contribution in [0.25, 0.3) is 11.0 Å². The molecule has 6 nitrogen and oxygen atoms in total. The van der Waals surface area contributed by atoms with Crippen molar-refractivity contribution in [3.63, 3.8) is 0 Å². The molecular weight excluding hydrogens is 348 g/mol. The average molecular weight is 375 g/mol. The number of hydrogen-bond acceptors (Lipinski definition) is 4. The van der Waals surface area contributed by atoms with E-state index in [4.69, 9.17) is 4.98 Å². The molecule has 1 fully saturated rings. The number of benzene rings is 1. The fourth-order valence-corrected chi connectivity index (χ4v) is 4.11. The molecule has 26 heavy (non-hydrogen) atoms. The zero-order chi connectivity index (χ0) is 18.4. The number of carbonyl (C=O) groups is 2. The smallest absolute Gasteiger partial charge is 0.324 e. The first-order valence-corrected chi connectivity index (χ1v) is 10.4. The number of thioether (sulfide) groups is 1. The first-order valence-electron chi connectivity index (χ1n) is 9.37. The van der Waals surface area contributed by atoms with Crippen LogP contribution in [0.2, 0.25) is 0 Å². The molecule has 0 radical (unpaired) electrons. The number of nitrogens with zero attached hydrogens (tertiary/aromatic N) is 3. The Kier molecular flexibility index (Phi) is 6.55. The molecule has 0 saturated carbocycles. The lowest BCUT2D eigenvalue weighted by atomic mass is 10.2. The molecule has 0 atom stereocenters. The van der Waals surface area contributed by atoms with Crippen LogP contribution in [-0.2, 0) is 11.3 Å². The molecule has 0 spiro atoms. The van der Waals surface area contributed by atoms with E-state index >= 15 is 0 Å². The van der Waals surface area contributed by atoms with Gasteiger partial charge in [-0.15, -0.1) is 0 Å². The number of rotatable bonds is 10. The Morgan fingerprint density at radius 3 is 2.73 bits per heavy atom. The van der Waals surface area contributed by atoms with E-state index in [-0.39, 0.29) is 18.5 Å². The summed E-state index contributed by atoms with van der Waals surface area (Å²) in [5, 5.41) is 3.58. The number of fused-ring (bicyclic) bond motifs is 1. The number of imidazole rings is 1. The van der Waals surface area contributed by atoms with Crippen molar-refractivity contribution in [3.8, 4) is 0 Å². The predicted molar refractivity (Wildman–Crippen MR) is 104 cm³/mol. The molecule has 0 aliphatic carbocycles. The van der Waals surface area contributed by atoms with Crippen LogP contribution >= 0.6 is 11.8 Å². The lowest BCUT2D eigenvalue weighted by Crippen LogP contribution is -2.32. The maximum absolute atomic E-state index is 11.6. The fourth-order valence-electron chi connectivity index (χ4n) is 3.14. The van der Waals surface area contributed by atoms with Crippen LogP contribution in [0.15, 0.2) is 29.4 Å². The van der Waals surface area contributed by atoms with Crippen LogP contribution in [0.4, 0.5) is 4.79 Å². The second-order valence-corrected chi connectivity index (χ2v) is 7.56. The number of amides is 3. The van der Waals surface area contributed by atoms with Crippen molar-refractivity contribution in [2.24, 2.45) is 0 Å². The van der Waals surface area contributed by atoms with Crippen LogP contribution in [0.3, 0.4) is 0 Å². The Labute approximate surface area is 158 Å². The molecule has 0 unspecified atom stereocenters. The Bertz CT molecular complexity index is 758. The van der Waals surface area contributed by atoms with Gasteiger partial charge in [-0.25, -0.2) is 9.78 Å². The first-order chi connectivity index (χ1) is 12.7. The molecule has 7 heteroatoms. The normalized spacial score (nSPS) is 14.4. The lowest BCUT2D eigenvalue weighted by molar-refractivity contribution is -0.124. The Morgan fingerprint density at radius 1 is 1.12 bits per heavy atom. The Hall–Kier alpha value is -2.02. The minimum atomic E-state index is -0.275. The fraction of sp³-hybridized carbons (Fsp3) is 0.526. The maximum atomic E-state index is 11.6. The summed E-state index contributed by atoms with van der Waals surface area (Å²) in [5.74, 6) is 0.693. The van der Waals surface area contributed by atoms with E-state index in [9.17, 15) is 9.59 Å². The van der Waals surface area contributed by atoms with E-state index in [1.165, 1.54) is 29.7 Å². The van der Waals surface area contributed by atoms with E-state index in [2.05, 4.69) is 35.0 Å². The monoisotopic (exact) mass is 374 g/mol. The van der Waals surface area contributed by atoms with Crippen LogP contribution in [0, 0.1) is 0 Å². The summed E-state index contributed by atoms with van der Waals surface area (Å²) >= 11 is 1.70. The predicted octanol–water partition coefficient (Wildman–Crippen LogP) is 3.65. The minimum Gasteiger partial charge on any atom is -0.329 e. The molecule has 1 aliphatic rings. The van der Waals surface area contributed by atoms with Crippen molar-refractivity contribution in [2.45, 2.75) is 50.7 Å². The Morgan fingerprint density at radius 2 is 1.96 bits per heavy atom. The van der Waals surface area contributed by atoms with Gasteiger partial charge in [0.1, 0.15) is 0 Å². The molecule has 0 bridgehead atoms. The summed E-state index contributed by atoms with van der Waals surface area (Å²) in [7, 11) is 0. The molecule has 2 heterocycles. The summed E-state index contributed by atoms with van der Waals surface area (Å²) in [5.41, 5.74) is 2.21. The summed E-state index contributed by atoms with van der Waals surface area (Å²) in [6.07, 6.45) is 5.66. The van der Waals surface area contributed by atoms with Gasteiger partial charge in [0.2, 0.25) is 5.91 Å². The standard InChI is InChI=1S/C19H26N4O2S/c1-2-3-4-7-11-22-16-10-6-5-9-15(16)21-19(22)26-13-8-12-23-17(24)14-20-18(23)25/h5-6,9-10H,2-4,7-8,11-14H2,1H3,(H,20,25). The van der Waals surface area contributed by atoms with Crippen molar-refractivity contribution in [2.75, 3.05) is 18.8 Å². The highest BCUT2D eigenvalue weighted by Gasteiger charge is 2.27. The van der Waals surface area contributed by atoms with E-state index in [0.717, 1.165) is 35.8 Å². The third-order valence-electron chi connectivity index (χ3n) is 4.55. The summed E-state index contributed by atoms with van der Waals surface area (Å²) in [6, 6.07) is 7.97. The number of para-hydroxylation sites is 2. The van der Waals surface area contributed by atoms with Crippen LogP contribution < -0.4 is 5.32 Å². The molecule has 140 valence electrons. The minimum absolute atomic E-state index is 0.125. The van der Waals surface area contributed by atoms with Gasteiger partial charge in [0.05, 0.1) is 17.6 Å². The number of unbranched alkanes of at least 4 members (excludes halogenated alkanes) is 3. The van der Waals surface area contributed by atoms with Gasteiger partial charge in [-0.05, 0) is 25.0 Å². The van der Waals surface area contributed by atoms with Crippen LogP contribution in [0.1, 0.15) is 39.0 Å². The Balaban J connectivity index is 1.59. The first kappa shape index (κ1) is 18.8. The third-order valence-corrected chi connectivity index (χ3v) is 5.61.